The fourth-order valence-electron chi connectivity index (χ4n) is 1.76. The smallest absolute Gasteiger partial charge is 0.221 e. The van der Waals surface area contributed by atoms with Crippen molar-refractivity contribution in [2.75, 3.05) is 5.32 Å². The summed E-state index contributed by atoms with van der Waals surface area (Å²) in [5.74, 6) is -0.240. The second kappa shape index (κ2) is 6.86. The van der Waals surface area contributed by atoms with Crippen molar-refractivity contribution in [3.8, 4) is 0 Å². The molecule has 0 unspecified atom stereocenters. The molecule has 0 saturated heterocycles. The van der Waals surface area contributed by atoms with Gasteiger partial charge in [0.2, 0.25) is 5.91 Å². The van der Waals surface area contributed by atoms with Crippen LogP contribution in [0.1, 0.15) is 22.8 Å². The van der Waals surface area contributed by atoms with E-state index in [2.05, 4.69) is 5.32 Å². The van der Waals surface area contributed by atoms with Gasteiger partial charge in [0.1, 0.15) is 0 Å². The van der Waals surface area contributed by atoms with Gasteiger partial charge in [-0.15, -0.1) is 0 Å². The molecule has 2 aromatic carbocycles. The molecule has 3 nitrogen and oxygen atoms in total. The van der Waals surface area contributed by atoms with E-state index in [1.165, 1.54) is 13.0 Å². The van der Waals surface area contributed by atoms with Gasteiger partial charge in [0, 0.05) is 23.2 Å². The van der Waals surface area contributed by atoms with E-state index in [9.17, 15) is 9.59 Å². The van der Waals surface area contributed by atoms with E-state index in [4.69, 9.17) is 11.6 Å². The molecule has 1 N–H and O–H groups in total. The van der Waals surface area contributed by atoms with E-state index in [0.717, 1.165) is 5.56 Å². The predicted molar refractivity (Wildman–Crippen MR) is 85.6 cm³/mol. The highest BCUT2D eigenvalue weighted by Gasteiger charge is 2.02. The molecule has 0 saturated carbocycles. The van der Waals surface area contributed by atoms with Crippen molar-refractivity contribution < 1.29 is 9.59 Å². The van der Waals surface area contributed by atoms with Gasteiger partial charge in [-0.2, -0.15) is 0 Å². The van der Waals surface area contributed by atoms with Crippen LogP contribution in [0.4, 0.5) is 5.69 Å². The van der Waals surface area contributed by atoms with Crippen molar-refractivity contribution in [2.24, 2.45) is 0 Å². The maximum absolute atomic E-state index is 12.0. The Morgan fingerprint density at radius 3 is 2.19 bits per heavy atom. The number of nitrogens with one attached hydrogen (secondary N) is 1. The van der Waals surface area contributed by atoms with Gasteiger partial charge in [0.05, 0.1) is 0 Å². The third-order valence-electron chi connectivity index (χ3n) is 2.79. The second-order valence-corrected chi connectivity index (χ2v) is 4.94. The van der Waals surface area contributed by atoms with Gasteiger partial charge in [-0.1, -0.05) is 29.8 Å². The molecule has 1 amide bonds. The molecule has 0 bridgehead atoms. The minimum absolute atomic E-state index is 0.0978. The lowest BCUT2D eigenvalue weighted by molar-refractivity contribution is -0.114. The van der Waals surface area contributed by atoms with Gasteiger partial charge >= 0.3 is 0 Å². The van der Waals surface area contributed by atoms with Crippen LogP contribution in [0.15, 0.2) is 54.6 Å². The Morgan fingerprint density at radius 1 is 1.00 bits per heavy atom. The van der Waals surface area contributed by atoms with Crippen LogP contribution in [0.3, 0.4) is 0 Å². The number of halogens is 1. The summed E-state index contributed by atoms with van der Waals surface area (Å²) in [6.45, 7) is 1.44. The molecule has 0 fully saturated rings. The van der Waals surface area contributed by atoms with E-state index in [1.807, 2.05) is 12.1 Å². The van der Waals surface area contributed by atoms with E-state index < -0.39 is 0 Å². The topological polar surface area (TPSA) is 46.2 Å². The number of carbonyl (C=O) groups excluding carboxylic acids is 2. The highest BCUT2D eigenvalue weighted by Crippen LogP contribution is 2.13. The highest BCUT2D eigenvalue weighted by molar-refractivity contribution is 6.30. The first-order valence-electron chi connectivity index (χ1n) is 6.40. The van der Waals surface area contributed by atoms with Crippen LogP contribution in [0.25, 0.3) is 6.08 Å². The molecule has 0 aliphatic heterocycles. The number of allylic oxidation sites excluding steroid dienone is 1. The van der Waals surface area contributed by atoms with Crippen molar-refractivity contribution in [1.29, 1.82) is 0 Å². The number of hydrogen-bond donors (Lipinski definition) is 1. The van der Waals surface area contributed by atoms with Gasteiger partial charge in [0.15, 0.2) is 5.78 Å². The lowest BCUT2D eigenvalue weighted by atomic mass is 10.1. The molecule has 2 rings (SSSR count). The van der Waals surface area contributed by atoms with Crippen molar-refractivity contribution in [2.45, 2.75) is 6.92 Å². The van der Waals surface area contributed by atoms with Crippen LogP contribution in [0, 0.1) is 0 Å². The third kappa shape index (κ3) is 4.58. The summed E-state index contributed by atoms with van der Waals surface area (Å²) in [6, 6.07) is 14.0. The number of carbonyl (C=O) groups is 2. The molecule has 0 heterocycles. The number of rotatable bonds is 4. The highest BCUT2D eigenvalue weighted by atomic mass is 35.5. The van der Waals surface area contributed by atoms with Gasteiger partial charge in [-0.3, -0.25) is 9.59 Å². The zero-order valence-corrected chi connectivity index (χ0v) is 12.2. The molecule has 0 spiro atoms. The molecule has 4 heteroatoms. The zero-order chi connectivity index (χ0) is 15.2. The maximum atomic E-state index is 12.0. The van der Waals surface area contributed by atoms with Gasteiger partial charge < -0.3 is 5.32 Å². The minimum atomic E-state index is -0.142. The average molecular weight is 300 g/mol. The first-order valence-corrected chi connectivity index (χ1v) is 6.78. The second-order valence-electron chi connectivity index (χ2n) is 4.51. The Balaban J connectivity index is 2.06. The molecule has 0 aliphatic rings. The predicted octanol–water partition coefficient (Wildman–Crippen LogP) is 4.19. The maximum Gasteiger partial charge on any atom is 0.221 e. The molecule has 0 radical (unpaired) electrons. The van der Waals surface area contributed by atoms with E-state index in [1.54, 1.807) is 42.5 Å². The quantitative estimate of drug-likeness (QED) is 0.679. The summed E-state index contributed by atoms with van der Waals surface area (Å²) in [6.07, 6.45) is 3.25. The van der Waals surface area contributed by atoms with Crippen LogP contribution in [0.5, 0.6) is 0 Å². The van der Waals surface area contributed by atoms with Gasteiger partial charge in [-0.05, 0) is 48.0 Å². The summed E-state index contributed by atoms with van der Waals surface area (Å²) in [5, 5.41) is 3.31. The van der Waals surface area contributed by atoms with Crippen molar-refractivity contribution in [1.82, 2.24) is 0 Å². The first-order chi connectivity index (χ1) is 10.0. The lowest BCUT2D eigenvalue weighted by Crippen LogP contribution is -2.05. The molecule has 0 aromatic heterocycles. The molecule has 106 valence electrons. The van der Waals surface area contributed by atoms with E-state index in [0.29, 0.717) is 16.3 Å². The Kier molecular flexibility index (Phi) is 4.90. The summed E-state index contributed by atoms with van der Waals surface area (Å²) >= 11 is 5.80. The fourth-order valence-corrected chi connectivity index (χ4v) is 1.89. The monoisotopic (exact) mass is 299 g/mol. The lowest BCUT2D eigenvalue weighted by Gasteiger charge is -2.02. The molecule has 21 heavy (non-hydrogen) atoms. The molecule has 2 aromatic rings. The van der Waals surface area contributed by atoms with E-state index >= 15 is 0 Å². The average Bonchev–Trinajstić information content (AvgIpc) is 2.46. The van der Waals surface area contributed by atoms with Crippen LogP contribution in [0.2, 0.25) is 5.02 Å². The number of amides is 1. The van der Waals surface area contributed by atoms with Crippen molar-refractivity contribution >= 4 is 35.1 Å². The summed E-state index contributed by atoms with van der Waals surface area (Å²) in [7, 11) is 0. The van der Waals surface area contributed by atoms with Crippen molar-refractivity contribution in [3.05, 3.63) is 70.8 Å². The number of benzene rings is 2. The Hall–Kier alpha value is -2.39. The zero-order valence-electron chi connectivity index (χ0n) is 11.5. The summed E-state index contributed by atoms with van der Waals surface area (Å²) in [4.78, 5) is 22.9. The Bertz CT molecular complexity index is 673. The number of anilines is 1. The normalized spacial score (nSPS) is 10.6. The largest absolute Gasteiger partial charge is 0.326 e. The Labute approximate surface area is 128 Å². The molecule has 0 aliphatic carbocycles. The van der Waals surface area contributed by atoms with Crippen molar-refractivity contribution in [3.63, 3.8) is 0 Å². The number of ketones is 1. The van der Waals surface area contributed by atoms with Crippen LogP contribution in [-0.4, -0.2) is 11.7 Å². The van der Waals surface area contributed by atoms with Gasteiger partial charge in [-0.25, -0.2) is 0 Å². The molecular formula is C17H14ClNO2. The Morgan fingerprint density at radius 2 is 1.62 bits per heavy atom. The minimum Gasteiger partial charge on any atom is -0.326 e. The van der Waals surface area contributed by atoms with E-state index in [-0.39, 0.29) is 11.7 Å². The molecule has 0 atom stereocenters. The SMILES string of the molecule is CC(=O)Nc1ccc(C(=O)/C=C/c2ccc(Cl)cc2)cc1. The summed E-state index contributed by atoms with van der Waals surface area (Å²) in [5.41, 5.74) is 2.14. The van der Waals surface area contributed by atoms with Crippen LogP contribution in [-0.2, 0) is 4.79 Å². The third-order valence-corrected chi connectivity index (χ3v) is 3.04. The fraction of sp³-hybridized carbons (Fsp3) is 0.0588. The van der Waals surface area contributed by atoms with Crippen LogP contribution < -0.4 is 5.32 Å². The molecular weight excluding hydrogens is 286 g/mol. The van der Waals surface area contributed by atoms with Gasteiger partial charge in [0.25, 0.3) is 0 Å². The first kappa shape index (κ1) is 15.0. The standard InChI is InChI=1S/C17H14ClNO2/c1-12(20)19-16-9-5-14(6-10-16)17(21)11-4-13-2-7-15(18)8-3-13/h2-11H,1H3,(H,19,20)/b11-4+. The number of hydrogen-bond acceptors (Lipinski definition) is 2. The van der Waals surface area contributed by atoms with Crippen LogP contribution >= 0.6 is 11.6 Å². The summed E-state index contributed by atoms with van der Waals surface area (Å²) < 4.78 is 0.